The van der Waals surface area contributed by atoms with E-state index in [4.69, 9.17) is 0 Å². The van der Waals surface area contributed by atoms with E-state index in [0.717, 1.165) is 5.56 Å². The molecule has 0 bridgehead atoms. The summed E-state index contributed by atoms with van der Waals surface area (Å²) in [5, 5.41) is 5.10. The lowest BCUT2D eigenvalue weighted by Gasteiger charge is -2.12. The topological polar surface area (TPSA) is 71.1 Å². The van der Waals surface area contributed by atoms with Crippen LogP contribution in [-0.2, 0) is 9.59 Å². The number of carbonyl (C=O) groups is 2. The molecular weight excluding hydrogens is 206 g/mol. The molecule has 16 heavy (non-hydrogen) atoms. The average molecular weight is 221 g/mol. The molecule has 0 radical (unpaired) electrons. The zero-order valence-electron chi connectivity index (χ0n) is 9.57. The Balaban J connectivity index is 2.57. The molecule has 0 saturated heterocycles. The highest BCUT2D eigenvalue weighted by atomic mass is 16.2. The van der Waals surface area contributed by atoms with E-state index in [9.17, 15) is 9.59 Å². The SMILES string of the molecule is CC(=O)N[C@@H](C)C(=O)Nc1ccc(C)cn1. The van der Waals surface area contributed by atoms with Crippen LogP contribution in [0.1, 0.15) is 19.4 Å². The highest BCUT2D eigenvalue weighted by molar-refractivity contribution is 5.95. The van der Waals surface area contributed by atoms with Crippen LogP contribution >= 0.6 is 0 Å². The van der Waals surface area contributed by atoms with E-state index in [0.29, 0.717) is 5.82 Å². The van der Waals surface area contributed by atoms with Crippen LogP contribution in [0.3, 0.4) is 0 Å². The molecule has 1 aromatic rings. The van der Waals surface area contributed by atoms with Gasteiger partial charge >= 0.3 is 0 Å². The minimum Gasteiger partial charge on any atom is -0.345 e. The molecule has 1 rings (SSSR count). The third kappa shape index (κ3) is 3.68. The first-order valence-corrected chi connectivity index (χ1v) is 4.99. The van der Waals surface area contributed by atoms with Crippen LogP contribution < -0.4 is 10.6 Å². The molecule has 0 aliphatic heterocycles. The maximum absolute atomic E-state index is 11.6. The van der Waals surface area contributed by atoms with E-state index >= 15 is 0 Å². The summed E-state index contributed by atoms with van der Waals surface area (Å²) in [5.74, 6) is -0.0427. The van der Waals surface area contributed by atoms with E-state index in [1.807, 2.05) is 13.0 Å². The first-order chi connectivity index (χ1) is 7.49. The molecule has 0 aliphatic carbocycles. The molecule has 1 aromatic heterocycles. The van der Waals surface area contributed by atoms with Crippen LogP contribution in [0.25, 0.3) is 0 Å². The van der Waals surface area contributed by atoms with Gasteiger partial charge in [-0.25, -0.2) is 4.98 Å². The van der Waals surface area contributed by atoms with Crippen molar-refractivity contribution >= 4 is 17.6 Å². The van der Waals surface area contributed by atoms with Crippen LogP contribution in [-0.4, -0.2) is 22.8 Å². The second kappa shape index (κ2) is 5.25. The number of anilines is 1. The summed E-state index contributed by atoms with van der Waals surface area (Å²) in [4.78, 5) is 26.4. The summed E-state index contributed by atoms with van der Waals surface area (Å²) in [6.07, 6.45) is 1.67. The molecule has 5 nitrogen and oxygen atoms in total. The van der Waals surface area contributed by atoms with Gasteiger partial charge in [0.1, 0.15) is 11.9 Å². The number of nitrogens with zero attached hydrogens (tertiary/aromatic N) is 1. The molecule has 5 heteroatoms. The van der Waals surface area contributed by atoms with Crippen molar-refractivity contribution in [2.75, 3.05) is 5.32 Å². The Hall–Kier alpha value is -1.91. The fraction of sp³-hybridized carbons (Fsp3) is 0.364. The molecule has 2 N–H and O–H groups in total. The fourth-order valence-electron chi connectivity index (χ4n) is 1.15. The third-order valence-electron chi connectivity index (χ3n) is 1.98. The van der Waals surface area contributed by atoms with Crippen molar-refractivity contribution < 1.29 is 9.59 Å². The van der Waals surface area contributed by atoms with Crippen LogP contribution in [0.2, 0.25) is 0 Å². The molecule has 0 unspecified atom stereocenters. The molecule has 0 aliphatic rings. The molecule has 2 amide bonds. The van der Waals surface area contributed by atoms with Gasteiger partial charge in [-0.3, -0.25) is 9.59 Å². The molecule has 1 atom stereocenters. The Morgan fingerprint density at radius 2 is 2.06 bits per heavy atom. The van der Waals surface area contributed by atoms with Gasteiger partial charge in [-0.2, -0.15) is 0 Å². The molecule has 0 aromatic carbocycles. The summed E-state index contributed by atoms with van der Waals surface area (Å²) in [7, 11) is 0. The predicted octanol–water partition coefficient (Wildman–Crippen LogP) is 0.853. The monoisotopic (exact) mass is 221 g/mol. The van der Waals surface area contributed by atoms with Gasteiger partial charge in [0.15, 0.2) is 0 Å². The van der Waals surface area contributed by atoms with Gasteiger partial charge in [-0.05, 0) is 25.5 Å². The maximum atomic E-state index is 11.6. The van der Waals surface area contributed by atoms with Gasteiger partial charge in [0, 0.05) is 13.1 Å². The van der Waals surface area contributed by atoms with Gasteiger partial charge in [0.2, 0.25) is 11.8 Å². The van der Waals surface area contributed by atoms with E-state index in [1.165, 1.54) is 6.92 Å². The summed E-state index contributed by atoms with van der Waals surface area (Å²) in [6, 6.07) is 3.00. The van der Waals surface area contributed by atoms with Crippen LogP contribution in [0, 0.1) is 6.92 Å². The van der Waals surface area contributed by atoms with Gasteiger partial charge in [-0.1, -0.05) is 6.07 Å². The summed E-state index contributed by atoms with van der Waals surface area (Å²) >= 11 is 0. The van der Waals surface area contributed by atoms with Crippen LogP contribution in [0.4, 0.5) is 5.82 Å². The van der Waals surface area contributed by atoms with Gasteiger partial charge in [0.25, 0.3) is 0 Å². The first-order valence-electron chi connectivity index (χ1n) is 4.99. The average Bonchev–Trinajstić information content (AvgIpc) is 2.20. The number of nitrogens with one attached hydrogen (secondary N) is 2. The number of pyridine rings is 1. The minimum absolute atomic E-state index is 0.237. The lowest BCUT2D eigenvalue weighted by molar-refractivity contribution is -0.124. The van der Waals surface area contributed by atoms with Crippen molar-refractivity contribution in [2.24, 2.45) is 0 Å². The van der Waals surface area contributed by atoms with E-state index in [1.54, 1.807) is 19.2 Å². The number of amides is 2. The van der Waals surface area contributed by atoms with Crippen molar-refractivity contribution in [1.29, 1.82) is 0 Å². The van der Waals surface area contributed by atoms with Crippen molar-refractivity contribution in [1.82, 2.24) is 10.3 Å². The van der Waals surface area contributed by atoms with Gasteiger partial charge in [-0.15, -0.1) is 0 Å². The standard InChI is InChI=1S/C11H15N3O2/c1-7-4-5-10(12-6-7)14-11(16)8(2)13-9(3)15/h4-6,8H,1-3H3,(H,13,15)(H,12,14,16)/t8-/m0/s1. The molecule has 0 fully saturated rings. The minimum atomic E-state index is -0.569. The number of hydrogen-bond acceptors (Lipinski definition) is 3. The quantitative estimate of drug-likeness (QED) is 0.795. The number of rotatable bonds is 3. The highest BCUT2D eigenvalue weighted by Crippen LogP contribution is 2.04. The van der Waals surface area contributed by atoms with Gasteiger partial charge < -0.3 is 10.6 Å². The predicted molar refractivity (Wildman–Crippen MR) is 60.9 cm³/mol. The Morgan fingerprint density at radius 1 is 1.38 bits per heavy atom. The molecule has 0 spiro atoms. The van der Waals surface area contributed by atoms with Crippen LogP contribution in [0.15, 0.2) is 18.3 Å². The largest absolute Gasteiger partial charge is 0.345 e. The molecular formula is C11H15N3O2. The van der Waals surface area contributed by atoms with Gasteiger partial charge in [0.05, 0.1) is 0 Å². The summed E-state index contributed by atoms with van der Waals surface area (Å²) in [6.45, 7) is 4.90. The second-order valence-electron chi connectivity index (χ2n) is 3.63. The molecule has 1 heterocycles. The Morgan fingerprint density at radius 3 is 2.56 bits per heavy atom. The van der Waals surface area contributed by atoms with E-state index in [2.05, 4.69) is 15.6 Å². The van der Waals surface area contributed by atoms with Crippen molar-refractivity contribution in [3.05, 3.63) is 23.9 Å². The Kier molecular flexibility index (Phi) is 3.99. The lowest BCUT2D eigenvalue weighted by Crippen LogP contribution is -2.40. The smallest absolute Gasteiger partial charge is 0.247 e. The Labute approximate surface area is 94.3 Å². The van der Waals surface area contributed by atoms with Crippen molar-refractivity contribution in [3.63, 3.8) is 0 Å². The maximum Gasteiger partial charge on any atom is 0.247 e. The lowest BCUT2D eigenvalue weighted by atomic mass is 10.3. The van der Waals surface area contributed by atoms with Crippen LogP contribution in [0.5, 0.6) is 0 Å². The Bertz CT molecular complexity index is 387. The van der Waals surface area contributed by atoms with E-state index < -0.39 is 6.04 Å². The van der Waals surface area contributed by atoms with Crippen molar-refractivity contribution in [2.45, 2.75) is 26.8 Å². The third-order valence-corrected chi connectivity index (χ3v) is 1.98. The second-order valence-corrected chi connectivity index (χ2v) is 3.63. The zero-order valence-corrected chi connectivity index (χ0v) is 9.57. The van der Waals surface area contributed by atoms with E-state index in [-0.39, 0.29) is 11.8 Å². The normalized spacial score (nSPS) is 11.7. The number of aromatic nitrogens is 1. The first kappa shape index (κ1) is 12.2. The summed E-state index contributed by atoms with van der Waals surface area (Å²) < 4.78 is 0. The number of aryl methyl sites for hydroxylation is 1. The van der Waals surface area contributed by atoms with Crippen molar-refractivity contribution in [3.8, 4) is 0 Å². The summed E-state index contributed by atoms with van der Waals surface area (Å²) in [5.41, 5.74) is 1.02. The zero-order chi connectivity index (χ0) is 12.1. The number of hydrogen-bond donors (Lipinski definition) is 2. The molecule has 86 valence electrons. The fourth-order valence-corrected chi connectivity index (χ4v) is 1.15. The highest BCUT2D eigenvalue weighted by Gasteiger charge is 2.13. The number of carbonyl (C=O) groups excluding carboxylic acids is 2. The molecule has 0 saturated carbocycles.